The number of esters is 1. The van der Waals surface area contributed by atoms with Gasteiger partial charge in [0, 0.05) is 6.92 Å². The van der Waals surface area contributed by atoms with Crippen LogP contribution < -0.4 is 4.74 Å². The predicted octanol–water partition coefficient (Wildman–Crippen LogP) is 8.14. The summed E-state index contributed by atoms with van der Waals surface area (Å²) < 4.78 is 64.5. The molecule has 4 aromatic carbocycles. The third kappa shape index (κ3) is 12.8. The zero-order chi connectivity index (χ0) is 44.3. The zero-order valence-corrected chi connectivity index (χ0v) is 38.2. The number of benzene rings is 4. The van der Waals surface area contributed by atoms with Crippen LogP contribution in [0.15, 0.2) is 115 Å². The fourth-order valence-corrected chi connectivity index (χ4v) is 8.61. The first-order valence-electron chi connectivity index (χ1n) is 21.4. The maximum absolute atomic E-state index is 13.0. The van der Waals surface area contributed by atoms with Crippen molar-refractivity contribution >= 4 is 14.3 Å². The van der Waals surface area contributed by atoms with E-state index in [0.29, 0.717) is 6.61 Å². The van der Waals surface area contributed by atoms with Crippen LogP contribution in [-0.2, 0) is 73.5 Å². The fourth-order valence-electron chi connectivity index (χ4n) is 7.25. The molecule has 13 heteroatoms. The van der Waals surface area contributed by atoms with Crippen LogP contribution >= 0.6 is 0 Å². The van der Waals surface area contributed by atoms with E-state index < -0.39 is 75.7 Å². The Labute approximate surface area is 367 Å². The standard InChI is InChI=1S/C49H64O12Si/c1-33-42(61-62(7,8)49(3,4)5)44(55-31-38-24-26-39(52-6)27-25-38)41(51)47(57-33)60-48-46(58-34(2)50)45(56-30-37-22-16-11-17-23-37)43(54-29-36-20-14-10-15-21-36)40(59-48)32-53-28-35-18-12-9-13-19-35/h9-27,33,40-48,51H,28-32H2,1-8H3/t33-,40-,41+,42-,43-,44-,45+,46+,47+,48-/m1/s1. The summed E-state index contributed by atoms with van der Waals surface area (Å²) in [6.07, 6.45) is -9.71. The molecule has 62 heavy (non-hydrogen) atoms. The molecule has 0 aromatic heterocycles. The van der Waals surface area contributed by atoms with Crippen LogP contribution in [0, 0.1) is 0 Å². The van der Waals surface area contributed by atoms with E-state index in [1.165, 1.54) is 6.92 Å². The number of hydrogen-bond acceptors (Lipinski definition) is 12. The number of aliphatic hydroxyl groups is 1. The number of rotatable bonds is 19. The van der Waals surface area contributed by atoms with Crippen LogP contribution in [-0.4, -0.2) is 94.5 Å². The van der Waals surface area contributed by atoms with Gasteiger partial charge < -0.3 is 52.2 Å². The smallest absolute Gasteiger partial charge is 0.303 e. The van der Waals surface area contributed by atoms with Crippen LogP contribution in [0.4, 0.5) is 0 Å². The van der Waals surface area contributed by atoms with Crippen molar-refractivity contribution in [1.29, 1.82) is 0 Å². The first-order valence-corrected chi connectivity index (χ1v) is 24.3. The molecule has 4 aromatic rings. The summed E-state index contributed by atoms with van der Waals surface area (Å²) in [7, 11) is -0.791. The summed E-state index contributed by atoms with van der Waals surface area (Å²) in [5, 5.41) is 12.2. The molecule has 0 amide bonds. The molecule has 336 valence electrons. The average molecular weight is 873 g/mol. The zero-order valence-electron chi connectivity index (χ0n) is 37.2. The number of methoxy groups -OCH3 is 1. The van der Waals surface area contributed by atoms with Crippen LogP contribution in [0.5, 0.6) is 5.75 Å². The minimum atomic E-state index is -2.41. The normalized spacial score (nSPS) is 26.8. The largest absolute Gasteiger partial charge is 0.497 e. The minimum Gasteiger partial charge on any atom is -0.497 e. The van der Waals surface area contributed by atoms with E-state index >= 15 is 0 Å². The van der Waals surface area contributed by atoms with Gasteiger partial charge in [-0.1, -0.05) is 124 Å². The van der Waals surface area contributed by atoms with Crippen molar-refractivity contribution in [1.82, 2.24) is 0 Å². The Kier molecular flexibility index (Phi) is 16.9. The van der Waals surface area contributed by atoms with Crippen molar-refractivity contribution in [2.24, 2.45) is 0 Å². The Morgan fingerprint density at radius 3 is 1.66 bits per heavy atom. The number of ether oxygens (including phenoxy) is 9. The van der Waals surface area contributed by atoms with E-state index in [2.05, 4.69) is 33.9 Å². The summed E-state index contributed by atoms with van der Waals surface area (Å²) >= 11 is 0. The van der Waals surface area contributed by atoms with Crippen molar-refractivity contribution in [2.45, 2.75) is 141 Å². The van der Waals surface area contributed by atoms with Crippen LogP contribution in [0.3, 0.4) is 0 Å². The van der Waals surface area contributed by atoms with Gasteiger partial charge >= 0.3 is 5.97 Å². The highest BCUT2D eigenvalue weighted by Gasteiger charge is 2.55. The van der Waals surface area contributed by atoms with Gasteiger partial charge in [0.15, 0.2) is 20.7 Å². The van der Waals surface area contributed by atoms with E-state index in [4.69, 9.17) is 47.1 Å². The van der Waals surface area contributed by atoms with Gasteiger partial charge in [-0.3, -0.25) is 4.79 Å². The number of carbonyl (C=O) groups is 1. The van der Waals surface area contributed by atoms with Crippen molar-refractivity contribution in [3.05, 3.63) is 138 Å². The Morgan fingerprint density at radius 1 is 0.645 bits per heavy atom. The Bertz CT molecular complexity index is 1930. The molecule has 0 saturated carbocycles. The van der Waals surface area contributed by atoms with Gasteiger partial charge in [0.05, 0.1) is 52.4 Å². The first-order chi connectivity index (χ1) is 29.7. The Balaban J connectivity index is 1.32. The van der Waals surface area contributed by atoms with Crippen LogP contribution in [0.1, 0.15) is 56.9 Å². The Hall–Kier alpha value is -3.99. The summed E-state index contributed by atoms with van der Waals surface area (Å²) in [4.78, 5) is 13.0. The van der Waals surface area contributed by atoms with E-state index in [9.17, 15) is 9.90 Å². The molecule has 2 aliphatic heterocycles. The maximum Gasteiger partial charge on any atom is 0.303 e. The molecular weight excluding hydrogens is 809 g/mol. The summed E-state index contributed by atoms with van der Waals surface area (Å²) in [5.41, 5.74) is 3.70. The molecule has 0 bridgehead atoms. The Morgan fingerprint density at radius 2 is 1.15 bits per heavy atom. The molecule has 0 aliphatic carbocycles. The lowest BCUT2D eigenvalue weighted by Crippen LogP contribution is -2.66. The van der Waals surface area contributed by atoms with Crippen LogP contribution in [0.25, 0.3) is 0 Å². The summed E-state index contributed by atoms with van der Waals surface area (Å²) in [6, 6.07) is 36.8. The monoisotopic (exact) mass is 872 g/mol. The van der Waals surface area contributed by atoms with Gasteiger partial charge in [-0.05, 0) is 59.4 Å². The maximum atomic E-state index is 13.0. The predicted molar refractivity (Wildman–Crippen MR) is 235 cm³/mol. The minimum absolute atomic E-state index is 0.0761. The van der Waals surface area contributed by atoms with E-state index in [-0.39, 0.29) is 31.5 Å². The van der Waals surface area contributed by atoms with Crippen molar-refractivity contribution in [3.63, 3.8) is 0 Å². The second kappa shape index (κ2) is 22.1. The van der Waals surface area contributed by atoms with Crippen molar-refractivity contribution < 1.29 is 57.0 Å². The molecule has 2 aliphatic rings. The van der Waals surface area contributed by atoms with Gasteiger partial charge in [-0.15, -0.1) is 0 Å². The molecular formula is C49H64O12Si. The molecule has 0 radical (unpaired) electrons. The molecule has 0 spiro atoms. The molecule has 2 heterocycles. The van der Waals surface area contributed by atoms with E-state index in [1.807, 2.05) is 122 Å². The molecule has 0 unspecified atom stereocenters. The topological polar surface area (TPSA) is 130 Å². The second-order valence-electron chi connectivity index (χ2n) is 17.4. The molecule has 12 nitrogen and oxygen atoms in total. The average Bonchev–Trinajstić information content (AvgIpc) is 3.25. The van der Waals surface area contributed by atoms with Crippen molar-refractivity contribution in [2.75, 3.05) is 13.7 Å². The molecule has 1 N–H and O–H groups in total. The first kappa shape index (κ1) is 47.5. The SMILES string of the molecule is COc1ccc(CO[C@@H]2[C@H](O)[C@H](O[C@H]3O[C@H](COCc4ccccc4)[C@@H](OCc4ccccc4)[C@H](OCc4ccccc4)[C@@H]3OC(C)=O)O[C@H](C)[C@H]2O[Si](C)(C)C(C)(C)C)cc1. The van der Waals surface area contributed by atoms with Crippen molar-refractivity contribution in [3.8, 4) is 5.75 Å². The highest BCUT2D eigenvalue weighted by molar-refractivity contribution is 6.74. The van der Waals surface area contributed by atoms with Gasteiger partial charge in [0.1, 0.15) is 36.3 Å². The fraction of sp³-hybridized carbons (Fsp3) is 0.490. The second-order valence-corrected chi connectivity index (χ2v) is 22.2. The number of hydrogen-bond donors (Lipinski definition) is 1. The lowest BCUT2D eigenvalue weighted by atomic mass is 9.97. The van der Waals surface area contributed by atoms with Gasteiger partial charge in [-0.2, -0.15) is 0 Å². The molecule has 2 saturated heterocycles. The summed E-state index contributed by atoms with van der Waals surface area (Å²) in [5.74, 6) is 0.140. The molecule has 2 fully saturated rings. The van der Waals surface area contributed by atoms with Gasteiger partial charge in [0.25, 0.3) is 0 Å². The van der Waals surface area contributed by atoms with Gasteiger partial charge in [-0.25, -0.2) is 0 Å². The lowest BCUT2D eigenvalue weighted by Gasteiger charge is -2.50. The van der Waals surface area contributed by atoms with E-state index in [1.54, 1.807) is 7.11 Å². The number of carbonyl (C=O) groups excluding carboxylic acids is 1. The van der Waals surface area contributed by atoms with Gasteiger partial charge in [0.2, 0.25) is 6.29 Å². The van der Waals surface area contributed by atoms with E-state index in [0.717, 1.165) is 28.0 Å². The highest BCUT2D eigenvalue weighted by Crippen LogP contribution is 2.41. The highest BCUT2D eigenvalue weighted by atomic mass is 28.4. The quantitative estimate of drug-likeness (QED) is 0.0722. The third-order valence-electron chi connectivity index (χ3n) is 11.7. The lowest BCUT2D eigenvalue weighted by molar-refractivity contribution is -0.381. The molecule has 10 atom stereocenters. The third-order valence-corrected chi connectivity index (χ3v) is 16.2. The van der Waals surface area contributed by atoms with Crippen LogP contribution in [0.2, 0.25) is 18.1 Å². The molecule has 6 rings (SSSR count). The summed E-state index contributed by atoms with van der Waals surface area (Å²) in [6.45, 7) is 14.9. The number of aliphatic hydroxyl groups excluding tert-OH is 1.